The molecule has 1 atom stereocenters. The molecule has 0 bridgehead atoms. The van der Waals surface area contributed by atoms with Crippen molar-refractivity contribution in [2.24, 2.45) is 7.05 Å². The van der Waals surface area contributed by atoms with Gasteiger partial charge in [-0.1, -0.05) is 6.92 Å². The minimum atomic E-state index is -0.00463. The van der Waals surface area contributed by atoms with Crippen LogP contribution >= 0.6 is 0 Å². The third-order valence-electron chi connectivity index (χ3n) is 1.80. The Kier molecular flexibility index (Phi) is 2.27. The van der Waals surface area contributed by atoms with Crippen molar-refractivity contribution >= 4 is 0 Å². The van der Waals surface area contributed by atoms with Crippen LogP contribution in [0, 0.1) is 11.3 Å². The van der Waals surface area contributed by atoms with Gasteiger partial charge in [0.05, 0.1) is 13.1 Å². The standard InChI is InChI=1S/C8H11N3/c1-3-7(6-9)8-10-4-5-11(8)2/h4-5,7H,3H2,1-2H3/p+1. The van der Waals surface area contributed by atoms with Crippen LogP contribution in [-0.2, 0) is 7.05 Å². The van der Waals surface area contributed by atoms with Crippen LogP contribution in [0.1, 0.15) is 25.1 Å². The Balaban J connectivity index is 2.92. The molecule has 0 aliphatic heterocycles. The highest BCUT2D eigenvalue weighted by atomic mass is 15.0. The van der Waals surface area contributed by atoms with Crippen LogP contribution in [0.2, 0.25) is 0 Å². The van der Waals surface area contributed by atoms with Crippen molar-refractivity contribution in [1.29, 1.82) is 5.26 Å². The molecular formula is C8H12N3+. The first-order chi connectivity index (χ1) is 5.29. The highest BCUT2D eigenvalue weighted by Crippen LogP contribution is 2.10. The zero-order chi connectivity index (χ0) is 8.27. The van der Waals surface area contributed by atoms with Crippen molar-refractivity contribution in [3.8, 4) is 6.07 Å². The zero-order valence-electron chi connectivity index (χ0n) is 6.83. The first kappa shape index (κ1) is 7.80. The second kappa shape index (κ2) is 3.20. The van der Waals surface area contributed by atoms with Gasteiger partial charge in [-0.05, 0) is 6.42 Å². The Labute approximate surface area is 66.3 Å². The lowest BCUT2D eigenvalue weighted by Gasteiger charge is -1.97. The molecule has 3 nitrogen and oxygen atoms in total. The highest BCUT2D eigenvalue weighted by molar-refractivity contribution is 5.02. The average molecular weight is 150 g/mol. The fraction of sp³-hybridized carbons (Fsp3) is 0.500. The number of aryl methyl sites for hydroxylation is 1. The predicted octanol–water partition coefficient (Wildman–Crippen LogP) is 0.856. The second-order valence-corrected chi connectivity index (χ2v) is 2.55. The Morgan fingerprint density at radius 1 is 1.82 bits per heavy atom. The summed E-state index contributed by atoms with van der Waals surface area (Å²) in [5, 5.41) is 8.74. The monoisotopic (exact) mass is 150 g/mol. The summed E-state index contributed by atoms with van der Waals surface area (Å²) in [5.41, 5.74) is 0. The van der Waals surface area contributed by atoms with Gasteiger partial charge in [-0.2, -0.15) is 5.26 Å². The first-order valence-electron chi connectivity index (χ1n) is 3.72. The number of aromatic nitrogens is 2. The van der Waals surface area contributed by atoms with Gasteiger partial charge in [0, 0.05) is 0 Å². The van der Waals surface area contributed by atoms with Crippen molar-refractivity contribution in [1.82, 2.24) is 4.98 Å². The zero-order valence-corrected chi connectivity index (χ0v) is 6.83. The molecule has 0 spiro atoms. The minimum Gasteiger partial charge on any atom is -0.246 e. The van der Waals surface area contributed by atoms with Crippen LogP contribution in [0.5, 0.6) is 0 Å². The van der Waals surface area contributed by atoms with E-state index in [0.717, 1.165) is 12.2 Å². The maximum Gasteiger partial charge on any atom is 0.271 e. The number of rotatable bonds is 2. The third kappa shape index (κ3) is 1.40. The van der Waals surface area contributed by atoms with Crippen LogP contribution in [-0.4, -0.2) is 4.98 Å². The maximum absolute atomic E-state index is 8.74. The molecule has 1 unspecified atom stereocenters. The summed E-state index contributed by atoms with van der Waals surface area (Å²) in [6, 6.07) is 2.24. The van der Waals surface area contributed by atoms with E-state index in [2.05, 4.69) is 11.1 Å². The normalized spacial score (nSPS) is 12.5. The Morgan fingerprint density at radius 3 is 2.91 bits per heavy atom. The molecule has 0 radical (unpaired) electrons. The summed E-state index contributed by atoms with van der Waals surface area (Å²) in [4.78, 5) is 3.05. The minimum absolute atomic E-state index is 0.00463. The van der Waals surface area contributed by atoms with Crippen molar-refractivity contribution in [2.75, 3.05) is 0 Å². The van der Waals surface area contributed by atoms with E-state index >= 15 is 0 Å². The van der Waals surface area contributed by atoms with Crippen molar-refractivity contribution < 1.29 is 4.57 Å². The SMILES string of the molecule is CCC(C#N)c1[nH]cc[n+]1C. The van der Waals surface area contributed by atoms with Gasteiger partial charge in [0.2, 0.25) is 0 Å². The summed E-state index contributed by atoms with van der Waals surface area (Å²) >= 11 is 0. The van der Waals surface area contributed by atoms with Gasteiger partial charge in [-0.15, -0.1) is 0 Å². The lowest BCUT2D eigenvalue weighted by molar-refractivity contribution is -0.678. The molecule has 0 saturated carbocycles. The third-order valence-corrected chi connectivity index (χ3v) is 1.80. The van der Waals surface area contributed by atoms with E-state index in [0.29, 0.717) is 0 Å². The predicted molar refractivity (Wildman–Crippen MR) is 40.6 cm³/mol. The van der Waals surface area contributed by atoms with Crippen molar-refractivity contribution in [3.05, 3.63) is 18.2 Å². The van der Waals surface area contributed by atoms with E-state index in [1.807, 2.05) is 30.9 Å². The summed E-state index contributed by atoms with van der Waals surface area (Å²) < 4.78 is 1.94. The van der Waals surface area contributed by atoms with Gasteiger partial charge in [-0.3, -0.25) is 0 Å². The largest absolute Gasteiger partial charge is 0.271 e. The smallest absolute Gasteiger partial charge is 0.246 e. The topological polar surface area (TPSA) is 43.5 Å². The number of hydrogen-bond donors (Lipinski definition) is 1. The molecule has 0 fully saturated rings. The van der Waals surface area contributed by atoms with Gasteiger partial charge >= 0.3 is 0 Å². The summed E-state index contributed by atoms with van der Waals surface area (Å²) in [5.74, 6) is 0.977. The van der Waals surface area contributed by atoms with E-state index < -0.39 is 0 Å². The number of imidazole rings is 1. The molecule has 0 amide bonds. The molecule has 11 heavy (non-hydrogen) atoms. The number of nitrogens with zero attached hydrogens (tertiary/aromatic N) is 2. The van der Waals surface area contributed by atoms with Gasteiger partial charge in [0.25, 0.3) is 5.82 Å². The van der Waals surface area contributed by atoms with Crippen LogP contribution < -0.4 is 4.57 Å². The molecule has 58 valence electrons. The van der Waals surface area contributed by atoms with E-state index in [4.69, 9.17) is 5.26 Å². The lowest BCUT2D eigenvalue weighted by Crippen LogP contribution is -2.31. The summed E-state index contributed by atoms with van der Waals surface area (Å²) in [7, 11) is 1.94. The molecule has 1 aromatic rings. The van der Waals surface area contributed by atoms with E-state index in [1.54, 1.807) is 0 Å². The molecule has 0 aliphatic rings. The van der Waals surface area contributed by atoms with Gasteiger partial charge in [0.15, 0.2) is 0 Å². The fourth-order valence-electron chi connectivity index (χ4n) is 1.11. The van der Waals surface area contributed by atoms with E-state index in [1.165, 1.54) is 0 Å². The first-order valence-corrected chi connectivity index (χ1v) is 3.72. The second-order valence-electron chi connectivity index (χ2n) is 2.55. The van der Waals surface area contributed by atoms with Gasteiger partial charge < -0.3 is 0 Å². The Hall–Kier alpha value is -1.30. The van der Waals surface area contributed by atoms with E-state index in [-0.39, 0.29) is 5.92 Å². The van der Waals surface area contributed by atoms with Crippen LogP contribution in [0.25, 0.3) is 0 Å². The molecule has 1 rings (SSSR count). The number of nitriles is 1. The lowest BCUT2D eigenvalue weighted by atomic mass is 10.1. The molecule has 0 saturated heterocycles. The number of nitrogens with one attached hydrogen (secondary N) is 1. The summed E-state index contributed by atoms with van der Waals surface area (Å²) in [6.45, 7) is 2.01. The fourth-order valence-corrected chi connectivity index (χ4v) is 1.11. The number of aromatic amines is 1. The van der Waals surface area contributed by atoms with Crippen LogP contribution in [0.3, 0.4) is 0 Å². The average Bonchev–Trinajstić information content (AvgIpc) is 2.40. The Morgan fingerprint density at radius 2 is 2.55 bits per heavy atom. The molecular weight excluding hydrogens is 138 g/mol. The van der Waals surface area contributed by atoms with E-state index in [9.17, 15) is 0 Å². The quantitative estimate of drug-likeness (QED) is 0.624. The number of hydrogen-bond acceptors (Lipinski definition) is 1. The molecule has 1 heterocycles. The maximum atomic E-state index is 8.74. The molecule has 1 aromatic heterocycles. The highest BCUT2D eigenvalue weighted by Gasteiger charge is 2.18. The molecule has 0 aromatic carbocycles. The number of H-pyrrole nitrogens is 1. The van der Waals surface area contributed by atoms with Crippen molar-refractivity contribution in [3.63, 3.8) is 0 Å². The van der Waals surface area contributed by atoms with Crippen LogP contribution in [0.4, 0.5) is 0 Å². The summed E-state index contributed by atoms with van der Waals surface area (Å²) in [6.07, 6.45) is 4.61. The van der Waals surface area contributed by atoms with Gasteiger partial charge in [0.1, 0.15) is 18.3 Å². The molecule has 3 heteroatoms. The van der Waals surface area contributed by atoms with Crippen molar-refractivity contribution in [2.45, 2.75) is 19.3 Å². The Bertz CT molecular complexity index is 269. The van der Waals surface area contributed by atoms with Gasteiger partial charge in [-0.25, -0.2) is 9.55 Å². The van der Waals surface area contributed by atoms with Crippen LogP contribution in [0.15, 0.2) is 12.4 Å². The molecule has 1 N–H and O–H groups in total. The molecule has 0 aliphatic carbocycles.